The quantitative estimate of drug-likeness (QED) is 0.0880. The molecule has 5 amide bonds. The number of rotatable bonds is 18. The predicted octanol–water partition coefficient (Wildman–Crippen LogP) is 0.163. The van der Waals surface area contributed by atoms with Crippen LogP contribution in [0.1, 0.15) is 49.9 Å². The fourth-order valence-corrected chi connectivity index (χ4v) is 6.16. The zero-order valence-electron chi connectivity index (χ0n) is 29.8. The van der Waals surface area contributed by atoms with E-state index < -0.39 is 72.3 Å². The van der Waals surface area contributed by atoms with Gasteiger partial charge in [0.1, 0.15) is 36.5 Å². The van der Waals surface area contributed by atoms with Crippen LogP contribution in [0.4, 0.5) is 0 Å². The summed E-state index contributed by atoms with van der Waals surface area (Å²) in [5.41, 5.74) is 8.15. The third-order valence-electron chi connectivity index (χ3n) is 8.83. The van der Waals surface area contributed by atoms with Crippen molar-refractivity contribution >= 4 is 35.5 Å². The van der Waals surface area contributed by atoms with E-state index >= 15 is 0 Å². The number of nitrogens with zero attached hydrogens (tertiary/aromatic N) is 2. The molecule has 5 atom stereocenters. The van der Waals surface area contributed by atoms with Crippen LogP contribution in [0.5, 0.6) is 5.75 Å². The molecule has 0 saturated carbocycles. The van der Waals surface area contributed by atoms with Gasteiger partial charge < -0.3 is 47.1 Å². The highest BCUT2D eigenvalue weighted by Crippen LogP contribution is 2.21. The molecule has 53 heavy (non-hydrogen) atoms. The number of carboxylic acid groups (broad SMARTS) is 1. The molecule has 1 aliphatic rings. The lowest BCUT2D eigenvalue weighted by atomic mass is 9.99. The second-order valence-corrected chi connectivity index (χ2v) is 13.6. The summed E-state index contributed by atoms with van der Waals surface area (Å²) >= 11 is 0. The number of nitrogens with one attached hydrogen (secondary N) is 5. The van der Waals surface area contributed by atoms with Crippen LogP contribution < -0.4 is 27.0 Å². The van der Waals surface area contributed by atoms with Gasteiger partial charge in [0.15, 0.2) is 0 Å². The Bertz CT molecular complexity index is 1700. The molecule has 0 aliphatic carbocycles. The van der Waals surface area contributed by atoms with Crippen LogP contribution in [0.15, 0.2) is 67.1 Å². The summed E-state index contributed by atoms with van der Waals surface area (Å²) in [5.74, 6) is -4.32. The fourth-order valence-electron chi connectivity index (χ4n) is 6.16. The van der Waals surface area contributed by atoms with Crippen molar-refractivity contribution in [2.24, 2.45) is 11.7 Å². The van der Waals surface area contributed by atoms with Gasteiger partial charge in [-0.2, -0.15) is 0 Å². The van der Waals surface area contributed by atoms with E-state index in [2.05, 4.69) is 31.2 Å². The van der Waals surface area contributed by atoms with Gasteiger partial charge >= 0.3 is 5.97 Å². The number of benzene rings is 2. The molecule has 3 aromatic rings. The zero-order chi connectivity index (χ0) is 38.5. The molecule has 284 valence electrons. The fraction of sp³-hybridized carbons (Fsp3) is 0.432. The van der Waals surface area contributed by atoms with Gasteiger partial charge in [0.05, 0.1) is 12.4 Å². The molecule has 1 saturated heterocycles. The van der Waals surface area contributed by atoms with E-state index in [0.717, 1.165) is 5.56 Å². The SMILES string of the molecule is CC(C)C[C@H](NC(=O)[C@H](Cc1ccc(O)cc1)NC(=O)[C@H](Cc1ccccc1)NC(=O)[C@@H](N)Cc1cnc[nH]1)C(=O)N1CCC[C@H]1C(=O)NCC(=O)O. The third-order valence-corrected chi connectivity index (χ3v) is 8.83. The Hall–Kier alpha value is -5.77. The zero-order valence-corrected chi connectivity index (χ0v) is 29.8. The molecule has 0 unspecified atom stereocenters. The second kappa shape index (κ2) is 19.2. The van der Waals surface area contributed by atoms with Crippen molar-refractivity contribution in [1.82, 2.24) is 36.1 Å². The van der Waals surface area contributed by atoms with Crippen LogP contribution in [-0.4, -0.2) is 104 Å². The molecule has 0 spiro atoms. The second-order valence-electron chi connectivity index (χ2n) is 13.6. The minimum absolute atomic E-state index is 0.00560. The maximum Gasteiger partial charge on any atom is 0.322 e. The first-order valence-electron chi connectivity index (χ1n) is 17.6. The van der Waals surface area contributed by atoms with Gasteiger partial charge in [-0.1, -0.05) is 56.3 Å². The van der Waals surface area contributed by atoms with Crippen LogP contribution in [-0.2, 0) is 48.0 Å². The van der Waals surface area contributed by atoms with Gasteiger partial charge in [0, 0.05) is 37.7 Å². The van der Waals surface area contributed by atoms with Gasteiger partial charge in [0.25, 0.3) is 0 Å². The van der Waals surface area contributed by atoms with Gasteiger partial charge in [-0.25, -0.2) is 4.98 Å². The van der Waals surface area contributed by atoms with Crippen molar-refractivity contribution in [2.75, 3.05) is 13.1 Å². The Kier molecular flexibility index (Phi) is 14.5. The number of imidazole rings is 1. The number of carboxylic acids is 1. The molecule has 0 bridgehead atoms. The molecule has 16 heteroatoms. The number of nitrogens with two attached hydrogens (primary N) is 1. The maximum absolute atomic E-state index is 14.1. The van der Waals surface area contributed by atoms with E-state index in [1.807, 2.05) is 19.9 Å². The number of amides is 5. The third kappa shape index (κ3) is 12.2. The van der Waals surface area contributed by atoms with Gasteiger partial charge in [-0.15, -0.1) is 0 Å². The first kappa shape index (κ1) is 40.0. The summed E-state index contributed by atoms with van der Waals surface area (Å²) < 4.78 is 0. The van der Waals surface area contributed by atoms with Crippen LogP contribution in [0.2, 0.25) is 0 Å². The minimum Gasteiger partial charge on any atom is -0.508 e. The van der Waals surface area contributed by atoms with Crippen LogP contribution in [0, 0.1) is 5.92 Å². The number of aromatic nitrogens is 2. The van der Waals surface area contributed by atoms with Crippen LogP contribution in [0.3, 0.4) is 0 Å². The van der Waals surface area contributed by atoms with Crippen molar-refractivity contribution < 1.29 is 39.0 Å². The van der Waals surface area contributed by atoms with E-state index in [1.165, 1.54) is 23.4 Å². The van der Waals surface area contributed by atoms with E-state index in [4.69, 9.17) is 10.8 Å². The average molecular weight is 733 g/mol. The predicted molar refractivity (Wildman–Crippen MR) is 193 cm³/mol. The number of hydrogen-bond donors (Lipinski definition) is 8. The summed E-state index contributed by atoms with van der Waals surface area (Å²) in [6, 6.07) is 9.72. The lowest BCUT2D eigenvalue weighted by molar-refractivity contribution is -0.143. The molecule has 1 fully saturated rings. The molecule has 4 rings (SSSR count). The molecule has 9 N–H and O–H groups in total. The topological polar surface area (TPSA) is 249 Å². The maximum atomic E-state index is 14.1. The molecule has 2 aromatic carbocycles. The summed E-state index contributed by atoms with van der Waals surface area (Å²) in [5, 5.41) is 29.5. The monoisotopic (exact) mass is 732 g/mol. The van der Waals surface area contributed by atoms with Gasteiger partial charge in [0.2, 0.25) is 29.5 Å². The normalized spacial score (nSPS) is 16.2. The molecule has 2 heterocycles. The molecule has 1 aromatic heterocycles. The Morgan fingerprint density at radius 2 is 1.47 bits per heavy atom. The standard InChI is InChI=1S/C37H48N8O8/c1-22(2)15-30(37(53)45-14-6-9-31(45)36(52)40-20-32(47)48)44-35(51)29(17-24-10-12-26(46)13-11-24)43-34(50)28(16-23-7-4-3-5-8-23)42-33(49)27(38)18-25-19-39-21-41-25/h3-5,7-8,10-13,19,21-22,27-31,46H,6,9,14-18,20,38H2,1-2H3,(H,39,41)(H,40,52)(H,42,49)(H,43,50)(H,44,51)(H,47,48)/t27-,28-,29-,30-,31-/m0/s1. The van der Waals surface area contributed by atoms with Gasteiger partial charge in [-0.05, 0) is 48.4 Å². The Balaban J connectivity index is 1.57. The highest BCUT2D eigenvalue weighted by Gasteiger charge is 2.39. The summed E-state index contributed by atoms with van der Waals surface area (Å²) in [6.45, 7) is 3.39. The smallest absolute Gasteiger partial charge is 0.322 e. The Morgan fingerprint density at radius 1 is 0.868 bits per heavy atom. The summed E-state index contributed by atoms with van der Waals surface area (Å²) in [6.07, 6.45) is 4.26. The van der Waals surface area contributed by atoms with E-state index in [0.29, 0.717) is 24.1 Å². The number of carbonyl (C=O) groups is 6. The number of phenols is 1. The van der Waals surface area contributed by atoms with Crippen LogP contribution in [0.25, 0.3) is 0 Å². The Morgan fingerprint density at radius 3 is 2.06 bits per heavy atom. The number of aliphatic carboxylic acids is 1. The van der Waals surface area contributed by atoms with Crippen molar-refractivity contribution in [3.63, 3.8) is 0 Å². The summed E-state index contributed by atoms with van der Waals surface area (Å²) in [7, 11) is 0. The Labute approximate surface area is 307 Å². The lowest BCUT2D eigenvalue weighted by Crippen LogP contribution is -2.59. The number of likely N-dealkylation sites (tertiary alicyclic amines) is 1. The molecular formula is C37H48N8O8. The highest BCUT2D eigenvalue weighted by molar-refractivity contribution is 5.96. The molecule has 0 radical (unpaired) electrons. The first-order valence-corrected chi connectivity index (χ1v) is 17.6. The van der Waals surface area contributed by atoms with E-state index in [9.17, 15) is 33.9 Å². The van der Waals surface area contributed by atoms with Crippen molar-refractivity contribution in [2.45, 2.75) is 82.6 Å². The number of hydrogen-bond acceptors (Lipinski definition) is 9. The lowest BCUT2D eigenvalue weighted by Gasteiger charge is -2.31. The number of H-pyrrole nitrogens is 1. The largest absolute Gasteiger partial charge is 0.508 e. The van der Waals surface area contributed by atoms with Gasteiger partial charge in [-0.3, -0.25) is 28.8 Å². The van der Waals surface area contributed by atoms with E-state index in [-0.39, 0.29) is 43.9 Å². The number of aromatic hydroxyl groups is 1. The van der Waals surface area contributed by atoms with E-state index in [1.54, 1.807) is 42.6 Å². The van der Waals surface area contributed by atoms with Crippen molar-refractivity contribution in [3.05, 3.63) is 83.9 Å². The molecular weight excluding hydrogens is 684 g/mol. The van der Waals surface area contributed by atoms with Crippen LogP contribution >= 0.6 is 0 Å². The molecule has 16 nitrogen and oxygen atoms in total. The first-order chi connectivity index (χ1) is 25.3. The van der Waals surface area contributed by atoms with Crippen molar-refractivity contribution in [1.29, 1.82) is 0 Å². The summed E-state index contributed by atoms with van der Waals surface area (Å²) in [4.78, 5) is 87.4. The minimum atomic E-state index is -1.24. The van der Waals surface area contributed by atoms with Crippen molar-refractivity contribution in [3.8, 4) is 5.75 Å². The average Bonchev–Trinajstić information content (AvgIpc) is 3.83. The number of aromatic amines is 1. The number of carbonyl (C=O) groups excluding carboxylic acids is 5. The molecule has 1 aliphatic heterocycles. The number of phenolic OH excluding ortho intramolecular Hbond substituents is 1. The highest BCUT2D eigenvalue weighted by atomic mass is 16.4.